The average Bonchev–Trinajstić information content (AvgIpc) is 3.05. The predicted octanol–water partition coefficient (Wildman–Crippen LogP) is 10.0. The molecular formula is C36H36Cl2O5S. The van der Waals surface area contributed by atoms with Crippen LogP contribution in [-0.4, -0.2) is 28.6 Å². The zero-order chi connectivity index (χ0) is 30.3. The van der Waals surface area contributed by atoms with Gasteiger partial charge in [-0.05, 0) is 86.1 Å². The highest BCUT2D eigenvalue weighted by Crippen LogP contribution is 2.38. The Morgan fingerprint density at radius 3 is 1.32 bits per heavy atom. The van der Waals surface area contributed by atoms with Gasteiger partial charge in [0.05, 0.1) is 0 Å². The molecule has 0 spiro atoms. The minimum atomic E-state index is -1.96. The lowest BCUT2D eigenvalue weighted by Gasteiger charge is -2.34. The number of ether oxygens (including phenoxy) is 2. The lowest BCUT2D eigenvalue weighted by atomic mass is 9.94. The van der Waals surface area contributed by atoms with E-state index < -0.39 is 11.4 Å². The highest BCUT2D eigenvalue weighted by molar-refractivity contribution is 7.75. The molecule has 6 rings (SSSR count). The Morgan fingerprint density at radius 1 is 0.523 bits per heavy atom. The van der Waals surface area contributed by atoms with Crippen LogP contribution in [0.4, 0.5) is 0 Å². The van der Waals surface area contributed by atoms with Crippen molar-refractivity contribution in [1.29, 1.82) is 0 Å². The molecule has 0 aliphatic heterocycles. The topological polar surface area (TPSA) is 54.0 Å². The minimum absolute atomic E-state index is 0.263. The first-order valence-electron chi connectivity index (χ1n) is 15.3. The number of benzene rings is 4. The fourth-order valence-corrected chi connectivity index (χ4v) is 7.30. The van der Waals surface area contributed by atoms with Gasteiger partial charge in [-0.1, -0.05) is 96.7 Å². The Labute approximate surface area is 272 Å². The third-order valence-electron chi connectivity index (χ3n) is 8.30. The highest BCUT2D eigenvalue weighted by Gasteiger charge is 2.34. The van der Waals surface area contributed by atoms with E-state index in [4.69, 9.17) is 41.0 Å². The van der Waals surface area contributed by atoms with E-state index >= 15 is 0 Å². The summed E-state index contributed by atoms with van der Waals surface area (Å²) in [4.78, 5) is 0. The maximum absolute atomic E-state index is 13.4. The molecule has 4 aromatic carbocycles. The van der Waals surface area contributed by atoms with E-state index in [1.165, 1.54) is 0 Å². The Balaban J connectivity index is 1.14. The van der Waals surface area contributed by atoms with E-state index in [1.807, 2.05) is 97.1 Å². The number of rotatable bonds is 10. The summed E-state index contributed by atoms with van der Waals surface area (Å²) >= 11 is 10.7. The van der Waals surface area contributed by atoms with E-state index in [-0.39, 0.29) is 24.4 Å². The maximum atomic E-state index is 13.4. The normalized spacial score (nSPS) is 22.7. The molecule has 2 fully saturated rings. The third kappa shape index (κ3) is 7.85. The maximum Gasteiger partial charge on any atom is 0.305 e. The van der Waals surface area contributed by atoms with Crippen molar-refractivity contribution in [3.63, 3.8) is 0 Å². The summed E-state index contributed by atoms with van der Waals surface area (Å²) in [5.74, 6) is 1.46. The quantitative estimate of drug-likeness (QED) is 0.171. The van der Waals surface area contributed by atoms with Gasteiger partial charge in [0.2, 0.25) is 0 Å². The molecule has 0 heterocycles. The van der Waals surface area contributed by atoms with E-state index in [2.05, 4.69) is 0 Å². The Bertz CT molecular complexity index is 1440. The fourth-order valence-electron chi connectivity index (χ4n) is 6.06. The van der Waals surface area contributed by atoms with Gasteiger partial charge in [0.1, 0.15) is 35.9 Å². The molecular weight excluding hydrogens is 615 g/mol. The van der Waals surface area contributed by atoms with Gasteiger partial charge in [-0.2, -0.15) is 4.21 Å². The van der Waals surface area contributed by atoms with Crippen LogP contribution in [0.3, 0.4) is 0 Å². The van der Waals surface area contributed by atoms with Crippen molar-refractivity contribution >= 4 is 34.6 Å². The molecule has 8 heteroatoms. The molecule has 0 N–H and O–H groups in total. The fraction of sp³-hybridized carbons (Fsp3) is 0.333. The second-order valence-corrected chi connectivity index (χ2v) is 13.0. The van der Waals surface area contributed by atoms with Crippen molar-refractivity contribution in [2.24, 2.45) is 0 Å². The van der Waals surface area contributed by atoms with Gasteiger partial charge in [-0.25, -0.2) is 0 Å². The lowest BCUT2D eigenvalue weighted by molar-refractivity contribution is -0.00282. The lowest BCUT2D eigenvalue weighted by Crippen LogP contribution is -2.41. The van der Waals surface area contributed by atoms with E-state index in [9.17, 15) is 4.21 Å². The molecule has 0 saturated heterocycles. The molecule has 2 aliphatic carbocycles. The molecule has 0 amide bonds. The molecule has 4 atom stereocenters. The molecule has 4 unspecified atom stereocenters. The van der Waals surface area contributed by atoms with Crippen molar-refractivity contribution in [2.45, 2.75) is 75.8 Å². The van der Waals surface area contributed by atoms with E-state index in [0.717, 1.165) is 85.1 Å². The Kier molecular flexibility index (Phi) is 10.6. The minimum Gasteiger partial charge on any atom is -0.487 e. The van der Waals surface area contributed by atoms with Gasteiger partial charge in [0, 0.05) is 21.2 Å². The van der Waals surface area contributed by atoms with Crippen molar-refractivity contribution in [3.8, 4) is 33.8 Å². The van der Waals surface area contributed by atoms with Crippen LogP contribution in [0.25, 0.3) is 22.3 Å². The smallest absolute Gasteiger partial charge is 0.305 e. The summed E-state index contributed by atoms with van der Waals surface area (Å²) in [6.07, 6.45) is 5.78. The first kappa shape index (κ1) is 31.1. The van der Waals surface area contributed by atoms with Gasteiger partial charge in [-0.3, -0.25) is 8.37 Å². The number of halogens is 2. The largest absolute Gasteiger partial charge is 0.487 e. The van der Waals surface area contributed by atoms with Gasteiger partial charge in [0.25, 0.3) is 0 Å². The zero-order valence-electron chi connectivity index (χ0n) is 24.4. The molecule has 0 bridgehead atoms. The monoisotopic (exact) mass is 650 g/mol. The summed E-state index contributed by atoms with van der Waals surface area (Å²) in [6.45, 7) is 0. The second-order valence-electron chi connectivity index (χ2n) is 11.4. The summed E-state index contributed by atoms with van der Waals surface area (Å²) < 4.78 is 38.6. The zero-order valence-corrected chi connectivity index (χ0v) is 26.7. The van der Waals surface area contributed by atoms with Crippen LogP contribution >= 0.6 is 23.2 Å². The van der Waals surface area contributed by atoms with Crippen LogP contribution < -0.4 is 9.47 Å². The Morgan fingerprint density at radius 2 is 0.909 bits per heavy atom. The molecule has 4 aromatic rings. The number of hydrogen-bond acceptors (Lipinski definition) is 5. The van der Waals surface area contributed by atoms with Crippen molar-refractivity contribution in [2.75, 3.05) is 0 Å². The summed E-state index contributed by atoms with van der Waals surface area (Å²) in [5.41, 5.74) is 3.87. The SMILES string of the molecule is O=S(OC1CCCCC1Oc1ccc(Cl)cc1-c1ccccc1)OC1CCCCC1Oc1ccc(Cl)cc1-c1ccccc1. The van der Waals surface area contributed by atoms with Gasteiger partial charge in [0.15, 0.2) is 0 Å². The molecule has 2 aliphatic rings. The van der Waals surface area contributed by atoms with Crippen LogP contribution in [0, 0.1) is 0 Å². The predicted molar refractivity (Wildman–Crippen MR) is 177 cm³/mol. The molecule has 0 aromatic heterocycles. The van der Waals surface area contributed by atoms with Crippen LogP contribution in [-0.2, 0) is 19.7 Å². The Hall–Kier alpha value is -2.87. The molecule has 230 valence electrons. The van der Waals surface area contributed by atoms with E-state index in [0.29, 0.717) is 10.0 Å². The summed E-state index contributed by atoms with van der Waals surface area (Å²) in [6, 6.07) is 31.3. The average molecular weight is 652 g/mol. The highest BCUT2D eigenvalue weighted by atomic mass is 35.5. The van der Waals surface area contributed by atoms with Gasteiger partial charge in [-0.15, -0.1) is 0 Å². The summed E-state index contributed by atoms with van der Waals surface area (Å²) in [7, 11) is 0. The third-order valence-corrected chi connectivity index (χ3v) is 9.58. The molecule has 2 saturated carbocycles. The van der Waals surface area contributed by atoms with Gasteiger partial charge < -0.3 is 9.47 Å². The van der Waals surface area contributed by atoms with E-state index in [1.54, 1.807) is 0 Å². The molecule has 5 nitrogen and oxygen atoms in total. The van der Waals surface area contributed by atoms with Crippen molar-refractivity contribution < 1.29 is 22.0 Å². The van der Waals surface area contributed by atoms with Crippen LogP contribution in [0.15, 0.2) is 97.1 Å². The first-order chi connectivity index (χ1) is 21.5. The van der Waals surface area contributed by atoms with Gasteiger partial charge >= 0.3 is 11.4 Å². The van der Waals surface area contributed by atoms with Crippen molar-refractivity contribution in [1.82, 2.24) is 0 Å². The molecule has 44 heavy (non-hydrogen) atoms. The molecule has 0 radical (unpaired) electrons. The van der Waals surface area contributed by atoms with Crippen LogP contribution in [0.5, 0.6) is 11.5 Å². The van der Waals surface area contributed by atoms with Crippen LogP contribution in [0.1, 0.15) is 51.4 Å². The number of hydrogen-bond donors (Lipinski definition) is 0. The standard InChI is InChI=1S/C36H36Cl2O5S/c37-27-19-21-31(29(23-27)25-11-3-1-4-12-25)40-33-15-7-9-17-35(33)42-44(39)43-36-18-10-8-16-34(36)41-32-22-20-28(38)24-30(32)26-13-5-2-6-14-26/h1-6,11-14,19-24,33-36H,7-10,15-18H2. The summed E-state index contributed by atoms with van der Waals surface area (Å²) in [5, 5.41) is 1.28. The van der Waals surface area contributed by atoms with Crippen LogP contribution in [0.2, 0.25) is 10.0 Å². The first-order valence-corrected chi connectivity index (χ1v) is 17.1. The van der Waals surface area contributed by atoms with Crippen molar-refractivity contribution in [3.05, 3.63) is 107 Å². The second kappa shape index (κ2) is 14.9.